The van der Waals surface area contributed by atoms with E-state index in [9.17, 15) is 9.59 Å². The smallest absolute Gasteiger partial charge is 0.410 e. The molecule has 0 unspecified atom stereocenters. The van der Waals surface area contributed by atoms with Crippen LogP contribution in [0.4, 0.5) is 4.79 Å². The van der Waals surface area contributed by atoms with Gasteiger partial charge in [0.15, 0.2) is 0 Å². The molecule has 1 atom stereocenters. The molecule has 1 fully saturated rings. The number of Topliss-reactive ketones (excluding diaryl/α,β-unsaturated/α-hetero) is 1. The van der Waals surface area contributed by atoms with Crippen molar-refractivity contribution in [1.29, 1.82) is 0 Å². The van der Waals surface area contributed by atoms with E-state index in [0.29, 0.717) is 38.3 Å². The predicted molar refractivity (Wildman–Crippen MR) is 81.3 cm³/mol. The van der Waals surface area contributed by atoms with Crippen LogP contribution < -0.4 is 0 Å². The van der Waals surface area contributed by atoms with Crippen LogP contribution in [0, 0.1) is 0 Å². The number of carbonyl (C=O) groups excluding carboxylic acids is 2. The molecule has 0 aromatic carbocycles. The molecule has 5 heteroatoms. The van der Waals surface area contributed by atoms with E-state index in [4.69, 9.17) is 9.47 Å². The topological polar surface area (TPSA) is 55.8 Å². The highest BCUT2D eigenvalue weighted by Crippen LogP contribution is 2.17. The van der Waals surface area contributed by atoms with Gasteiger partial charge in [-0.15, -0.1) is 0 Å². The Morgan fingerprint density at radius 2 is 1.95 bits per heavy atom. The van der Waals surface area contributed by atoms with Gasteiger partial charge < -0.3 is 14.4 Å². The van der Waals surface area contributed by atoms with Crippen LogP contribution in [-0.2, 0) is 14.3 Å². The van der Waals surface area contributed by atoms with Crippen LogP contribution in [0.5, 0.6) is 0 Å². The lowest BCUT2D eigenvalue weighted by molar-refractivity contribution is -0.118. The molecule has 0 spiro atoms. The second-order valence-electron chi connectivity index (χ2n) is 6.56. The maximum absolute atomic E-state index is 11.9. The van der Waals surface area contributed by atoms with Gasteiger partial charge in [0.1, 0.15) is 11.4 Å². The normalized spacial score (nSPS) is 18.9. The van der Waals surface area contributed by atoms with Gasteiger partial charge in [-0.05, 0) is 40.0 Å². The minimum atomic E-state index is -0.457. The van der Waals surface area contributed by atoms with Crippen molar-refractivity contribution in [2.75, 3.05) is 19.7 Å². The molecule has 0 aromatic heterocycles. The number of ether oxygens (including phenoxy) is 2. The van der Waals surface area contributed by atoms with Crippen LogP contribution >= 0.6 is 0 Å². The van der Waals surface area contributed by atoms with Crippen LogP contribution in [-0.4, -0.2) is 48.2 Å². The number of unbranched alkanes of at least 4 members (excludes halogenated alkanes) is 1. The molecule has 0 N–H and O–H groups in total. The molecule has 0 radical (unpaired) electrons. The van der Waals surface area contributed by atoms with E-state index in [2.05, 4.69) is 0 Å². The van der Waals surface area contributed by atoms with E-state index in [1.165, 1.54) is 0 Å². The molecule has 1 saturated heterocycles. The summed E-state index contributed by atoms with van der Waals surface area (Å²) in [5.41, 5.74) is -0.457. The quantitative estimate of drug-likeness (QED) is 0.678. The average Bonchev–Trinajstić information content (AvgIpc) is 2.85. The fourth-order valence-electron chi connectivity index (χ4n) is 2.21. The zero-order valence-corrected chi connectivity index (χ0v) is 13.8. The van der Waals surface area contributed by atoms with Gasteiger partial charge in [0, 0.05) is 26.0 Å². The van der Waals surface area contributed by atoms with Crippen molar-refractivity contribution in [3.8, 4) is 0 Å². The molecule has 21 heavy (non-hydrogen) atoms. The molecule has 1 amide bonds. The fourth-order valence-corrected chi connectivity index (χ4v) is 2.21. The Hall–Kier alpha value is -1.10. The maximum atomic E-state index is 11.9. The molecule has 0 saturated carbocycles. The lowest BCUT2D eigenvalue weighted by atomic mass is 10.1. The number of hydrogen-bond donors (Lipinski definition) is 0. The Morgan fingerprint density at radius 1 is 1.24 bits per heavy atom. The third kappa shape index (κ3) is 7.46. The summed E-state index contributed by atoms with van der Waals surface area (Å²) in [5, 5.41) is 0. The van der Waals surface area contributed by atoms with Crippen molar-refractivity contribution >= 4 is 11.9 Å². The Morgan fingerprint density at radius 3 is 2.57 bits per heavy atom. The summed E-state index contributed by atoms with van der Waals surface area (Å²) in [4.78, 5) is 24.8. The van der Waals surface area contributed by atoms with Gasteiger partial charge in [0.2, 0.25) is 0 Å². The monoisotopic (exact) mass is 299 g/mol. The molecule has 0 aliphatic carbocycles. The molecule has 1 rings (SSSR count). The largest absolute Gasteiger partial charge is 0.444 e. The van der Waals surface area contributed by atoms with Crippen molar-refractivity contribution in [3.63, 3.8) is 0 Å². The van der Waals surface area contributed by atoms with Crippen LogP contribution in [0.25, 0.3) is 0 Å². The Kier molecular flexibility index (Phi) is 7.15. The minimum absolute atomic E-state index is 0.0967. The van der Waals surface area contributed by atoms with Crippen LogP contribution in [0.2, 0.25) is 0 Å². The standard InChI is InChI=1S/C16H29NO4/c1-5-13(18)8-6-7-11-20-14-9-10-17(12-14)15(19)21-16(2,3)4/h14H,5-12H2,1-4H3/t14-/m1/s1. The highest BCUT2D eigenvalue weighted by atomic mass is 16.6. The summed E-state index contributed by atoms with van der Waals surface area (Å²) >= 11 is 0. The highest BCUT2D eigenvalue weighted by Gasteiger charge is 2.29. The number of hydrogen-bond acceptors (Lipinski definition) is 4. The summed E-state index contributed by atoms with van der Waals surface area (Å²) in [6, 6.07) is 0. The zero-order chi connectivity index (χ0) is 15.9. The third-order valence-corrected chi connectivity index (χ3v) is 3.39. The van der Waals surface area contributed by atoms with Gasteiger partial charge in [-0.2, -0.15) is 0 Å². The van der Waals surface area contributed by atoms with E-state index >= 15 is 0 Å². The lowest BCUT2D eigenvalue weighted by Gasteiger charge is -2.24. The Labute approximate surface area is 128 Å². The van der Waals surface area contributed by atoms with Crippen LogP contribution in [0.3, 0.4) is 0 Å². The summed E-state index contributed by atoms with van der Waals surface area (Å²) in [6.07, 6.45) is 3.74. The first-order valence-electron chi connectivity index (χ1n) is 7.93. The first kappa shape index (κ1) is 18.0. The van der Waals surface area contributed by atoms with Gasteiger partial charge in [-0.1, -0.05) is 6.92 Å². The molecule has 0 bridgehead atoms. The molecule has 122 valence electrons. The second kappa shape index (κ2) is 8.37. The van der Waals surface area contributed by atoms with Crippen molar-refractivity contribution in [2.24, 2.45) is 0 Å². The van der Waals surface area contributed by atoms with Crippen LogP contribution in [0.15, 0.2) is 0 Å². The average molecular weight is 299 g/mol. The second-order valence-corrected chi connectivity index (χ2v) is 6.56. The molecule has 1 aliphatic heterocycles. The molecular formula is C16H29NO4. The summed E-state index contributed by atoms with van der Waals surface area (Å²) < 4.78 is 11.1. The van der Waals surface area contributed by atoms with Crippen LogP contribution in [0.1, 0.15) is 59.8 Å². The van der Waals surface area contributed by atoms with Gasteiger partial charge >= 0.3 is 6.09 Å². The number of nitrogens with zero attached hydrogens (tertiary/aromatic N) is 1. The van der Waals surface area contributed by atoms with Crippen molar-refractivity contribution in [2.45, 2.75) is 71.5 Å². The molecule has 5 nitrogen and oxygen atoms in total. The van der Waals surface area contributed by atoms with Gasteiger partial charge in [0.25, 0.3) is 0 Å². The SMILES string of the molecule is CCC(=O)CCCCO[C@@H]1CCN(C(=O)OC(C)(C)C)C1. The summed E-state index contributed by atoms with van der Waals surface area (Å²) in [6.45, 7) is 9.44. The Bertz CT molecular complexity index is 349. The summed E-state index contributed by atoms with van der Waals surface area (Å²) in [5.74, 6) is 0.312. The third-order valence-electron chi connectivity index (χ3n) is 3.39. The van der Waals surface area contributed by atoms with Crippen molar-refractivity contribution in [1.82, 2.24) is 4.90 Å². The minimum Gasteiger partial charge on any atom is -0.444 e. The fraction of sp³-hybridized carbons (Fsp3) is 0.875. The van der Waals surface area contributed by atoms with E-state index in [-0.39, 0.29) is 12.2 Å². The highest BCUT2D eigenvalue weighted by molar-refractivity contribution is 5.77. The van der Waals surface area contributed by atoms with Gasteiger partial charge in [0.05, 0.1) is 12.6 Å². The first-order valence-corrected chi connectivity index (χ1v) is 7.93. The van der Waals surface area contributed by atoms with E-state index in [1.54, 1.807) is 4.90 Å². The number of ketones is 1. The van der Waals surface area contributed by atoms with E-state index in [1.807, 2.05) is 27.7 Å². The van der Waals surface area contributed by atoms with Crippen molar-refractivity contribution < 1.29 is 19.1 Å². The summed E-state index contributed by atoms with van der Waals surface area (Å²) in [7, 11) is 0. The maximum Gasteiger partial charge on any atom is 0.410 e. The van der Waals surface area contributed by atoms with E-state index in [0.717, 1.165) is 19.3 Å². The molecule has 0 aromatic rings. The Balaban J connectivity index is 2.14. The first-order chi connectivity index (χ1) is 9.81. The number of likely N-dealkylation sites (tertiary alicyclic amines) is 1. The van der Waals surface area contributed by atoms with Crippen molar-refractivity contribution in [3.05, 3.63) is 0 Å². The zero-order valence-electron chi connectivity index (χ0n) is 13.8. The lowest BCUT2D eigenvalue weighted by Crippen LogP contribution is -2.36. The molecule has 1 heterocycles. The number of amides is 1. The number of carbonyl (C=O) groups is 2. The number of rotatable bonds is 7. The molecule has 1 aliphatic rings. The van der Waals surface area contributed by atoms with Gasteiger partial charge in [-0.25, -0.2) is 4.79 Å². The molecular weight excluding hydrogens is 270 g/mol. The van der Waals surface area contributed by atoms with Gasteiger partial charge in [-0.3, -0.25) is 4.79 Å². The van der Waals surface area contributed by atoms with E-state index < -0.39 is 5.60 Å². The predicted octanol–water partition coefficient (Wildman–Crippen LogP) is 3.16.